The third kappa shape index (κ3) is 1.92. The fourth-order valence-corrected chi connectivity index (χ4v) is 2.06. The maximum absolute atomic E-state index is 11.5. The molecule has 0 radical (unpaired) electrons. The van der Waals surface area contributed by atoms with Crippen molar-refractivity contribution in [3.63, 3.8) is 0 Å². The quantitative estimate of drug-likeness (QED) is 0.708. The Bertz CT molecular complexity index is 235. The number of carbonyl (C=O) groups excluding carboxylic acids is 1. The lowest BCUT2D eigenvalue weighted by atomic mass is 9.98. The van der Waals surface area contributed by atoms with Gasteiger partial charge in [0.25, 0.3) is 0 Å². The number of nitrogens with one attached hydrogen (secondary N) is 2. The first kappa shape index (κ1) is 9.97. The Labute approximate surface area is 85.6 Å². The fraction of sp³-hybridized carbons (Fsp3) is 0.909. The summed E-state index contributed by atoms with van der Waals surface area (Å²) in [6, 6.07) is 0.521. The molecule has 3 heteroatoms. The van der Waals surface area contributed by atoms with E-state index in [1.165, 1.54) is 12.8 Å². The van der Waals surface area contributed by atoms with Crippen molar-refractivity contribution < 1.29 is 4.79 Å². The molecule has 1 aliphatic heterocycles. The van der Waals surface area contributed by atoms with Gasteiger partial charge in [-0.25, -0.2) is 0 Å². The number of amides is 1. The summed E-state index contributed by atoms with van der Waals surface area (Å²) < 4.78 is 0. The molecule has 2 rings (SSSR count). The third-order valence-corrected chi connectivity index (χ3v) is 3.82. The van der Waals surface area contributed by atoms with Crippen LogP contribution in [0.25, 0.3) is 0 Å². The second kappa shape index (κ2) is 3.54. The minimum atomic E-state index is 0.0520. The van der Waals surface area contributed by atoms with Crippen LogP contribution in [-0.4, -0.2) is 24.5 Å². The molecule has 0 aromatic carbocycles. The van der Waals surface area contributed by atoms with Gasteiger partial charge in [0.1, 0.15) is 0 Å². The van der Waals surface area contributed by atoms with Crippen LogP contribution in [0, 0.1) is 5.41 Å². The average molecular weight is 196 g/mol. The lowest BCUT2D eigenvalue weighted by Crippen LogP contribution is -2.52. The van der Waals surface area contributed by atoms with Crippen molar-refractivity contribution in [3.8, 4) is 0 Å². The zero-order valence-electron chi connectivity index (χ0n) is 9.10. The van der Waals surface area contributed by atoms with E-state index in [-0.39, 0.29) is 11.9 Å². The normalized spacial score (nSPS) is 32.1. The maximum Gasteiger partial charge on any atom is 0.237 e. The Kier molecular flexibility index (Phi) is 2.52. The van der Waals surface area contributed by atoms with E-state index in [9.17, 15) is 4.79 Å². The molecule has 2 fully saturated rings. The van der Waals surface area contributed by atoms with Crippen LogP contribution >= 0.6 is 0 Å². The molecule has 80 valence electrons. The maximum atomic E-state index is 11.5. The van der Waals surface area contributed by atoms with Gasteiger partial charge >= 0.3 is 0 Å². The van der Waals surface area contributed by atoms with Gasteiger partial charge in [-0.1, -0.05) is 6.92 Å². The Morgan fingerprint density at radius 2 is 2.29 bits per heavy atom. The summed E-state index contributed by atoms with van der Waals surface area (Å²) in [6.07, 6.45) is 4.70. The van der Waals surface area contributed by atoms with E-state index in [0.29, 0.717) is 11.5 Å². The molecule has 0 bridgehead atoms. The highest BCUT2D eigenvalue weighted by molar-refractivity contribution is 5.82. The minimum absolute atomic E-state index is 0.0520. The predicted octanol–water partition coefficient (Wildman–Crippen LogP) is 1.04. The van der Waals surface area contributed by atoms with E-state index in [4.69, 9.17) is 0 Å². The highest BCUT2D eigenvalue weighted by atomic mass is 16.2. The van der Waals surface area contributed by atoms with Crippen LogP contribution in [0.2, 0.25) is 0 Å². The predicted molar refractivity (Wildman–Crippen MR) is 56.0 cm³/mol. The molecular weight excluding hydrogens is 176 g/mol. The van der Waals surface area contributed by atoms with Crippen LogP contribution in [0.4, 0.5) is 0 Å². The summed E-state index contributed by atoms with van der Waals surface area (Å²) in [5.41, 5.74) is 0.456. The monoisotopic (exact) mass is 196 g/mol. The number of hydrogen-bond donors (Lipinski definition) is 2. The van der Waals surface area contributed by atoms with E-state index < -0.39 is 0 Å². The Hall–Kier alpha value is -0.570. The second-order valence-electron chi connectivity index (χ2n) is 5.03. The van der Waals surface area contributed by atoms with Crippen LogP contribution in [0.5, 0.6) is 0 Å². The molecule has 3 nitrogen and oxygen atoms in total. The standard InChI is InChI=1S/C11H20N2O/c1-8(11(2)5-6-11)13-9-4-3-7-12-10(9)14/h8-9,13H,3-7H2,1-2H3,(H,12,14). The Morgan fingerprint density at radius 3 is 2.86 bits per heavy atom. The van der Waals surface area contributed by atoms with Crippen LogP contribution in [0.1, 0.15) is 39.5 Å². The van der Waals surface area contributed by atoms with Gasteiger partial charge in [-0.05, 0) is 38.0 Å². The van der Waals surface area contributed by atoms with Crippen LogP contribution in [0.3, 0.4) is 0 Å². The van der Waals surface area contributed by atoms with Crippen molar-refractivity contribution in [3.05, 3.63) is 0 Å². The van der Waals surface area contributed by atoms with Gasteiger partial charge in [0.15, 0.2) is 0 Å². The molecule has 14 heavy (non-hydrogen) atoms. The largest absolute Gasteiger partial charge is 0.355 e. The van der Waals surface area contributed by atoms with Crippen molar-refractivity contribution in [2.45, 2.75) is 51.6 Å². The number of hydrogen-bond acceptors (Lipinski definition) is 2. The Balaban J connectivity index is 1.86. The summed E-state index contributed by atoms with van der Waals surface area (Å²) in [5, 5.41) is 6.37. The molecule has 0 aromatic heterocycles. The average Bonchev–Trinajstić information content (AvgIpc) is 2.89. The second-order valence-corrected chi connectivity index (χ2v) is 5.03. The van der Waals surface area contributed by atoms with Gasteiger partial charge in [0, 0.05) is 12.6 Å². The van der Waals surface area contributed by atoms with Gasteiger partial charge in [0.2, 0.25) is 5.91 Å². The molecule has 1 saturated heterocycles. The summed E-state index contributed by atoms with van der Waals surface area (Å²) in [5.74, 6) is 0.187. The van der Waals surface area contributed by atoms with Gasteiger partial charge in [-0.3, -0.25) is 4.79 Å². The van der Waals surface area contributed by atoms with Crippen LogP contribution < -0.4 is 10.6 Å². The SMILES string of the molecule is CC(NC1CCCNC1=O)C1(C)CC1. The van der Waals surface area contributed by atoms with Gasteiger partial charge < -0.3 is 10.6 Å². The first-order chi connectivity index (χ1) is 6.62. The molecule has 1 saturated carbocycles. The molecule has 2 unspecified atom stereocenters. The molecule has 0 aromatic rings. The molecule has 0 spiro atoms. The molecule has 1 aliphatic carbocycles. The smallest absolute Gasteiger partial charge is 0.237 e. The van der Waals surface area contributed by atoms with Crippen molar-refractivity contribution in [1.29, 1.82) is 0 Å². The highest BCUT2D eigenvalue weighted by Gasteiger charge is 2.43. The summed E-state index contributed by atoms with van der Waals surface area (Å²) in [4.78, 5) is 11.5. The van der Waals surface area contributed by atoms with Gasteiger partial charge in [-0.15, -0.1) is 0 Å². The van der Waals surface area contributed by atoms with Crippen LogP contribution in [-0.2, 0) is 4.79 Å². The molecule has 1 heterocycles. The topological polar surface area (TPSA) is 41.1 Å². The summed E-state index contributed by atoms with van der Waals surface area (Å²) in [7, 11) is 0. The van der Waals surface area contributed by atoms with Crippen molar-refractivity contribution in [2.24, 2.45) is 5.41 Å². The van der Waals surface area contributed by atoms with E-state index in [2.05, 4.69) is 24.5 Å². The number of carbonyl (C=O) groups is 1. The molecule has 2 atom stereocenters. The lowest BCUT2D eigenvalue weighted by Gasteiger charge is -2.29. The minimum Gasteiger partial charge on any atom is -0.355 e. The molecule has 2 aliphatic rings. The van der Waals surface area contributed by atoms with Gasteiger partial charge in [-0.2, -0.15) is 0 Å². The van der Waals surface area contributed by atoms with E-state index in [1.54, 1.807) is 0 Å². The van der Waals surface area contributed by atoms with Crippen LogP contribution in [0.15, 0.2) is 0 Å². The Morgan fingerprint density at radius 1 is 1.57 bits per heavy atom. The third-order valence-electron chi connectivity index (χ3n) is 3.82. The van der Waals surface area contributed by atoms with Crippen molar-refractivity contribution in [1.82, 2.24) is 10.6 Å². The lowest BCUT2D eigenvalue weighted by molar-refractivity contribution is -0.124. The van der Waals surface area contributed by atoms with Gasteiger partial charge in [0.05, 0.1) is 6.04 Å². The summed E-state index contributed by atoms with van der Waals surface area (Å²) in [6.45, 7) is 5.35. The molecular formula is C11H20N2O. The summed E-state index contributed by atoms with van der Waals surface area (Å²) >= 11 is 0. The zero-order chi connectivity index (χ0) is 10.2. The zero-order valence-corrected chi connectivity index (χ0v) is 9.10. The van der Waals surface area contributed by atoms with Crippen molar-refractivity contribution >= 4 is 5.91 Å². The number of piperidine rings is 1. The van der Waals surface area contributed by atoms with Crippen molar-refractivity contribution in [2.75, 3.05) is 6.54 Å². The number of rotatable bonds is 3. The van der Waals surface area contributed by atoms with E-state index >= 15 is 0 Å². The van der Waals surface area contributed by atoms with E-state index in [1.807, 2.05) is 0 Å². The first-order valence-corrected chi connectivity index (χ1v) is 5.66. The molecule has 2 N–H and O–H groups in total. The first-order valence-electron chi connectivity index (χ1n) is 5.66. The highest BCUT2D eigenvalue weighted by Crippen LogP contribution is 2.48. The van der Waals surface area contributed by atoms with E-state index in [0.717, 1.165) is 19.4 Å². The fourth-order valence-electron chi connectivity index (χ4n) is 2.06. The molecule has 1 amide bonds.